The highest BCUT2D eigenvalue weighted by atomic mass is 16.6. The molecule has 0 unspecified atom stereocenters. The van der Waals surface area contributed by atoms with E-state index in [0.29, 0.717) is 25.4 Å². The zero-order valence-corrected chi connectivity index (χ0v) is 20.4. The van der Waals surface area contributed by atoms with Crippen LogP contribution in [0.5, 0.6) is 0 Å². The maximum absolute atomic E-state index is 13.1. The molecule has 1 N–H and O–H groups in total. The monoisotopic (exact) mass is 454 g/mol. The molecular weight excluding hydrogens is 420 g/mol. The SMILES string of the molecule is Cc1cc(C(C)C)ccc1-n1nc2c3c1CCN(C(=O)OC(C)(C)C)[C@H]3CNC(=O)COC2. The van der Waals surface area contributed by atoms with E-state index >= 15 is 0 Å². The zero-order chi connectivity index (χ0) is 23.9. The highest BCUT2D eigenvalue weighted by Crippen LogP contribution is 2.36. The van der Waals surface area contributed by atoms with Crippen molar-refractivity contribution in [2.75, 3.05) is 19.7 Å². The molecule has 1 atom stereocenters. The Kier molecular flexibility index (Phi) is 6.22. The lowest BCUT2D eigenvalue weighted by atomic mass is 9.95. The van der Waals surface area contributed by atoms with Crippen LogP contribution >= 0.6 is 0 Å². The van der Waals surface area contributed by atoms with E-state index in [2.05, 4.69) is 44.3 Å². The van der Waals surface area contributed by atoms with Crippen LogP contribution in [0.2, 0.25) is 0 Å². The van der Waals surface area contributed by atoms with Gasteiger partial charge in [-0.3, -0.25) is 9.69 Å². The van der Waals surface area contributed by atoms with E-state index in [0.717, 1.165) is 28.2 Å². The van der Waals surface area contributed by atoms with Crippen LogP contribution in [0.3, 0.4) is 0 Å². The first-order valence-electron chi connectivity index (χ1n) is 11.6. The minimum Gasteiger partial charge on any atom is -0.444 e. The molecule has 0 aliphatic carbocycles. The molecule has 2 aromatic rings. The van der Waals surface area contributed by atoms with Crippen molar-refractivity contribution < 1.29 is 19.1 Å². The number of nitrogens with one attached hydrogen (secondary N) is 1. The fraction of sp³-hybridized carbons (Fsp3) is 0.560. The Morgan fingerprint density at radius 2 is 2.03 bits per heavy atom. The first kappa shape index (κ1) is 23.3. The largest absolute Gasteiger partial charge is 0.444 e. The standard InChI is InChI=1S/C25H34N4O4/c1-15(2)17-7-8-19(16(3)11-17)29-20-9-10-28(24(31)33-25(4,5)6)21-12-26-22(30)14-32-13-18(27-29)23(20)21/h7-8,11,15,21H,9-10,12-14H2,1-6H3,(H,26,30)/t21-/m0/s1. The van der Waals surface area contributed by atoms with Gasteiger partial charge in [0.25, 0.3) is 0 Å². The van der Waals surface area contributed by atoms with Crippen LogP contribution < -0.4 is 5.32 Å². The van der Waals surface area contributed by atoms with Gasteiger partial charge < -0.3 is 14.8 Å². The van der Waals surface area contributed by atoms with Crippen molar-refractivity contribution in [3.8, 4) is 5.69 Å². The molecule has 8 nitrogen and oxygen atoms in total. The molecule has 33 heavy (non-hydrogen) atoms. The molecule has 2 aliphatic rings. The van der Waals surface area contributed by atoms with E-state index in [-0.39, 0.29) is 31.3 Å². The van der Waals surface area contributed by atoms with Crippen LogP contribution in [0.1, 0.15) is 74.7 Å². The summed E-state index contributed by atoms with van der Waals surface area (Å²) in [5.74, 6) is 0.242. The molecule has 2 amide bonds. The second kappa shape index (κ2) is 8.82. The van der Waals surface area contributed by atoms with E-state index in [1.807, 2.05) is 25.5 Å². The molecule has 0 fully saturated rings. The van der Waals surface area contributed by atoms with Crippen molar-refractivity contribution >= 4 is 12.0 Å². The Morgan fingerprint density at radius 3 is 2.70 bits per heavy atom. The van der Waals surface area contributed by atoms with Crippen LogP contribution in [0.25, 0.3) is 5.69 Å². The Hall–Kier alpha value is -2.87. The maximum Gasteiger partial charge on any atom is 0.410 e. The molecule has 0 spiro atoms. The number of carbonyl (C=O) groups excluding carboxylic acids is 2. The second-order valence-electron chi connectivity index (χ2n) is 10.2. The van der Waals surface area contributed by atoms with Gasteiger partial charge in [0.15, 0.2) is 0 Å². The molecule has 178 valence electrons. The lowest BCUT2D eigenvalue weighted by molar-refractivity contribution is -0.126. The number of ether oxygens (including phenoxy) is 2. The summed E-state index contributed by atoms with van der Waals surface area (Å²) in [6, 6.07) is 6.11. The fourth-order valence-electron chi connectivity index (χ4n) is 4.51. The second-order valence-corrected chi connectivity index (χ2v) is 10.2. The molecular formula is C25H34N4O4. The quantitative estimate of drug-likeness (QED) is 0.746. The number of hydrogen-bond acceptors (Lipinski definition) is 5. The third-order valence-corrected chi connectivity index (χ3v) is 6.11. The first-order chi connectivity index (χ1) is 15.5. The maximum atomic E-state index is 13.1. The first-order valence-corrected chi connectivity index (χ1v) is 11.6. The highest BCUT2D eigenvalue weighted by molar-refractivity contribution is 5.77. The normalized spacial score (nSPS) is 18.8. The van der Waals surface area contributed by atoms with E-state index in [9.17, 15) is 9.59 Å². The van der Waals surface area contributed by atoms with Crippen LogP contribution in [-0.2, 0) is 27.3 Å². The molecule has 1 aromatic heterocycles. The topological polar surface area (TPSA) is 85.7 Å². The number of benzene rings is 1. The predicted molar refractivity (Wildman–Crippen MR) is 124 cm³/mol. The van der Waals surface area contributed by atoms with Gasteiger partial charge in [0.1, 0.15) is 12.2 Å². The van der Waals surface area contributed by atoms with Crippen molar-refractivity contribution in [1.82, 2.24) is 20.0 Å². The zero-order valence-electron chi connectivity index (χ0n) is 20.4. The minimum atomic E-state index is -0.607. The number of carbonyl (C=O) groups is 2. The van der Waals surface area contributed by atoms with Crippen LogP contribution in [0.4, 0.5) is 4.79 Å². The fourth-order valence-corrected chi connectivity index (χ4v) is 4.51. The van der Waals surface area contributed by atoms with Crippen molar-refractivity contribution in [3.05, 3.63) is 46.3 Å². The third kappa shape index (κ3) is 4.76. The van der Waals surface area contributed by atoms with Crippen molar-refractivity contribution in [2.45, 2.75) is 72.1 Å². The van der Waals surface area contributed by atoms with Crippen LogP contribution in [0.15, 0.2) is 18.2 Å². The van der Waals surface area contributed by atoms with Gasteiger partial charge in [-0.25, -0.2) is 9.48 Å². The molecule has 0 bridgehead atoms. The molecule has 0 saturated carbocycles. The molecule has 4 rings (SSSR count). The Balaban J connectivity index is 1.79. The van der Waals surface area contributed by atoms with Crippen molar-refractivity contribution in [1.29, 1.82) is 0 Å². The molecule has 0 radical (unpaired) electrons. The number of rotatable bonds is 2. The average Bonchev–Trinajstić information content (AvgIpc) is 3.11. The van der Waals surface area contributed by atoms with Gasteiger partial charge in [0.05, 0.1) is 29.7 Å². The third-order valence-electron chi connectivity index (χ3n) is 6.11. The summed E-state index contributed by atoms with van der Waals surface area (Å²) in [6.45, 7) is 13.0. The highest BCUT2D eigenvalue weighted by Gasteiger charge is 2.39. The summed E-state index contributed by atoms with van der Waals surface area (Å²) in [7, 11) is 0. The van der Waals surface area contributed by atoms with Crippen molar-refractivity contribution in [3.63, 3.8) is 0 Å². The number of hydrogen-bond donors (Lipinski definition) is 1. The molecule has 2 aliphatic heterocycles. The Morgan fingerprint density at radius 1 is 1.27 bits per heavy atom. The lowest BCUT2D eigenvalue weighted by Gasteiger charge is -2.37. The molecule has 0 saturated heterocycles. The lowest BCUT2D eigenvalue weighted by Crippen LogP contribution is -2.47. The van der Waals surface area contributed by atoms with Gasteiger partial charge in [0, 0.05) is 25.1 Å². The van der Waals surface area contributed by atoms with Gasteiger partial charge in [-0.15, -0.1) is 0 Å². The summed E-state index contributed by atoms with van der Waals surface area (Å²) in [5, 5.41) is 7.83. The Bertz CT molecular complexity index is 1070. The number of amides is 2. The minimum absolute atomic E-state index is 0.0388. The average molecular weight is 455 g/mol. The summed E-state index contributed by atoms with van der Waals surface area (Å²) < 4.78 is 13.3. The smallest absolute Gasteiger partial charge is 0.410 e. The van der Waals surface area contributed by atoms with E-state index in [1.165, 1.54) is 5.56 Å². The molecule has 3 heterocycles. The van der Waals surface area contributed by atoms with Crippen molar-refractivity contribution in [2.24, 2.45) is 0 Å². The van der Waals surface area contributed by atoms with Gasteiger partial charge in [0.2, 0.25) is 5.91 Å². The van der Waals surface area contributed by atoms with Gasteiger partial charge in [-0.2, -0.15) is 5.10 Å². The summed E-state index contributed by atoms with van der Waals surface area (Å²) in [5.41, 5.74) is 5.60. The number of aryl methyl sites for hydroxylation is 1. The summed E-state index contributed by atoms with van der Waals surface area (Å²) >= 11 is 0. The van der Waals surface area contributed by atoms with Gasteiger partial charge in [-0.1, -0.05) is 26.0 Å². The van der Waals surface area contributed by atoms with Crippen LogP contribution in [0, 0.1) is 6.92 Å². The van der Waals surface area contributed by atoms with E-state index in [4.69, 9.17) is 14.6 Å². The Labute approximate surface area is 195 Å². The van der Waals surface area contributed by atoms with Gasteiger partial charge >= 0.3 is 6.09 Å². The number of aromatic nitrogens is 2. The van der Waals surface area contributed by atoms with E-state index in [1.54, 1.807) is 4.90 Å². The predicted octanol–water partition coefficient (Wildman–Crippen LogP) is 3.78. The molecule has 8 heteroatoms. The number of nitrogens with zero attached hydrogens (tertiary/aromatic N) is 3. The van der Waals surface area contributed by atoms with Gasteiger partial charge in [-0.05, 0) is 50.8 Å². The van der Waals surface area contributed by atoms with Crippen LogP contribution in [-0.4, -0.2) is 52.0 Å². The molecule has 1 aromatic carbocycles. The summed E-state index contributed by atoms with van der Waals surface area (Å²) in [4.78, 5) is 26.9. The summed E-state index contributed by atoms with van der Waals surface area (Å²) in [6.07, 6.45) is 0.251. The van der Waals surface area contributed by atoms with E-state index < -0.39 is 5.60 Å².